The van der Waals surface area contributed by atoms with Crippen LogP contribution >= 0.6 is 0 Å². The van der Waals surface area contributed by atoms with Crippen LogP contribution in [0.25, 0.3) is 0 Å². The van der Waals surface area contributed by atoms with Gasteiger partial charge in [-0.2, -0.15) is 15.0 Å². The van der Waals surface area contributed by atoms with Crippen molar-refractivity contribution < 1.29 is 4.74 Å². The Morgan fingerprint density at radius 2 is 1.94 bits per heavy atom. The van der Waals surface area contributed by atoms with Gasteiger partial charge in [0.15, 0.2) is 0 Å². The lowest BCUT2D eigenvalue weighted by Gasteiger charge is -2.15. The van der Waals surface area contributed by atoms with E-state index in [0.29, 0.717) is 17.9 Å². The van der Waals surface area contributed by atoms with E-state index >= 15 is 0 Å². The van der Waals surface area contributed by atoms with Crippen molar-refractivity contribution in [2.45, 2.75) is 38.7 Å². The van der Waals surface area contributed by atoms with E-state index < -0.39 is 0 Å². The van der Waals surface area contributed by atoms with Gasteiger partial charge in [0.2, 0.25) is 11.9 Å². The minimum absolute atomic E-state index is 0.261. The molecule has 6 nitrogen and oxygen atoms in total. The van der Waals surface area contributed by atoms with Gasteiger partial charge >= 0.3 is 6.01 Å². The molecule has 0 radical (unpaired) electrons. The second-order valence-electron chi connectivity index (χ2n) is 4.69. The standard InChI is InChI=1S/C12H21N5O/c1-4-13-10-14-11(17(2)3)16-12(15-10)18-9-7-5-6-8-9/h9H,4-8H2,1-3H3,(H,13,14,15,16). The van der Waals surface area contributed by atoms with Crippen LogP contribution < -0.4 is 15.0 Å². The van der Waals surface area contributed by atoms with Gasteiger partial charge in [0.25, 0.3) is 0 Å². The van der Waals surface area contributed by atoms with Gasteiger partial charge in [0, 0.05) is 20.6 Å². The van der Waals surface area contributed by atoms with Crippen LogP contribution in [0.3, 0.4) is 0 Å². The number of hydrogen-bond acceptors (Lipinski definition) is 6. The maximum absolute atomic E-state index is 5.82. The van der Waals surface area contributed by atoms with Crippen LogP contribution in [0.1, 0.15) is 32.6 Å². The SMILES string of the molecule is CCNc1nc(OC2CCCC2)nc(N(C)C)n1. The van der Waals surface area contributed by atoms with Crippen LogP contribution in [0.15, 0.2) is 0 Å². The van der Waals surface area contributed by atoms with Gasteiger partial charge in [0.1, 0.15) is 6.10 Å². The zero-order valence-electron chi connectivity index (χ0n) is 11.3. The van der Waals surface area contributed by atoms with Crippen LogP contribution in [-0.4, -0.2) is 41.7 Å². The zero-order valence-corrected chi connectivity index (χ0v) is 11.3. The Hall–Kier alpha value is -1.59. The number of nitrogens with zero attached hydrogens (tertiary/aromatic N) is 4. The highest BCUT2D eigenvalue weighted by Crippen LogP contribution is 2.23. The third kappa shape index (κ3) is 3.21. The highest BCUT2D eigenvalue weighted by atomic mass is 16.5. The summed E-state index contributed by atoms with van der Waals surface area (Å²) in [5.41, 5.74) is 0. The first kappa shape index (κ1) is 12.9. The molecular weight excluding hydrogens is 230 g/mol. The number of aromatic nitrogens is 3. The summed E-state index contributed by atoms with van der Waals surface area (Å²) >= 11 is 0. The smallest absolute Gasteiger partial charge is 0.323 e. The molecule has 100 valence electrons. The first-order chi connectivity index (χ1) is 8.69. The minimum atomic E-state index is 0.261. The van der Waals surface area contributed by atoms with Crippen LogP contribution in [0, 0.1) is 0 Å². The molecule has 0 aliphatic heterocycles. The molecule has 0 aromatic carbocycles. The monoisotopic (exact) mass is 251 g/mol. The quantitative estimate of drug-likeness (QED) is 0.859. The molecule has 2 rings (SSSR count). The molecule has 0 saturated heterocycles. The van der Waals surface area contributed by atoms with Crippen molar-refractivity contribution in [3.8, 4) is 6.01 Å². The largest absolute Gasteiger partial charge is 0.460 e. The summed E-state index contributed by atoms with van der Waals surface area (Å²) < 4.78 is 5.82. The van der Waals surface area contributed by atoms with Crippen molar-refractivity contribution in [1.82, 2.24) is 15.0 Å². The number of hydrogen-bond donors (Lipinski definition) is 1. The van der Waals surface area contributed by atoms with Crippen molar-refractivity contribution in [2.75, 3.05) is 30.9 Å². The molecule has 1 N–H and O–H groups in total. The Morgan fingerprint density at radius 3 is 2.56 bits per heavy atom. The van der Waals surface area contributed by atoms with Crippen molar-refractivity contribution in [1.29, 1.82) is 0 Å². The second-order valence-corrected chi connectivity index (χ2v) is 4.69. The maximum Gasteiger partial charge on any atom is 0.323 e. The Labute approximate surface area is 108 Å². The van der Waals surface area contributed by atoms with E-state index in [-0.39, 0.29) is 6.10 Å². The molecule has 1 aliphatic rings. The molecule has 1 aromatic rings. The van der Waals surface area contributed by atoms with E-state index in [0.717, 1.165) is 19.4 Å². The van der Waals surface area contributed by atoms with E-state index in [2.05, 4.69) is 20.3 Å². The average Bonchev–Trinajstić information content (AvgIpc) is 2.82. The van der Waals surface area contributed by atoms with Gasteiger partial charge in [-0.15, -0.1) is 0 Å². The number of nitrogens with one attached hydrogen (secondary N) is 1. The highest BCUT2D eigenvalue weighted by Gasteiger charge is 2.19. The molecule has 1 saturated carbocycles. The number of rotatable bonds is 5. The van der Waals surface area contributed by atoms with Crippen LogP contribution in [-0.2, 0) is 0 Å². The molecule has 1 heterocycles. The average molecular weight is 251 g/mol. The molecule has 18 heavy (non-hydrogen) atoms. The Morgan fingerprint density at radius 1 is 1.22 bits per heavy atom. The third-order valence-electron chi connectivity index (χ3n) is 2.91. The molecule has 0 amide bonds. The molecule has 1 fully saturated rings. The first-order valence-corrected chi connectivity index (χ1v) is 6.53. The third-order valence-corrected chi connectivity index (χ3v) is 2.91. The summed E-state index contributed by atoms with van der Waals surface area (Å²) in [6.45, 7) is 2.79. The summed E-state index contributed by atoms with van der Waals surface area (Å²) in [5, 5.41) is 3.10. The van der Waals surface area contributed by atoms with E-state index in [1.54, 1.807) is 0 Å². The van der Waals surface area contributed by atoms with E-state index in [4.69, 9.17) is 4.74 Å². The lowest BCUT2D eigenvalue weighted by atomic mass is 10.3. The Kier molecular flexibility index (Phi) is 4.17. The summed E-state index contributed by atoms with van der Waals surface area (Å²) in [5.74, 6) is 1.19. The summed E-state index contributed by atoms with van der Waals surface area (Å²) in [4.78, 5) is 14.8. The van der Waals surface area contributed by atoms with Gasteiger partial charge in [-0.25, -0.2) is 0 Å². The Bertz CT molecular complexity index is 390. The number of ether oxygens (including phenoxy) is 1. The molecule has 6 heteroatoms. The van der Waals surface area contributed by atoms with E-state index in [1.807, 2.05) is 25.9 Å². The van der Waals surface area contributed by atoms with Crippen molar-refractivity contribution in [3.05, 3.63) is 0 Å². The van der Waals surface area contributed by atoms with Crippen LogP contribution in [0.5, 0.6) is 6.01 Å². The molecule has 1 aromatic heterocycles. The lowest BCUT2D eigenvalue weighted by molar-refractivity contribution is 0.192. The van der Waals surface area contributed by atoms with Gasteiger partial charge in [-0.1, -0.05) is 0 Å². The van der Waals surface area contributed by atoms with E-state index in [1.165, 1.54) is 12.8 Å². The van der Waals surface area contributed by atoms with Gasteiger partial charge in [0.05, 0.1) is 0 Å². The van der Waals surface area contributed by atoms with Crippen molar-refractivity contribution >= 4 is 11.9 Å². The predicted molar refractivity (Wildman–Crippen MR) is 71.2 cm³/mol. The second kappa shape index (κ2) is 5.84. The van der Waals surface area contributed by atoms with Gasteiger partial charge in [-0.3, -0.25) is 0 Å². The van der Waals surface area contributed by atoms with Crippen LogP contribution in [0.2, 0.25) is 0 Å². The zero-order chi connectivity index (χ0) is 13.0. The fourth-order valence-electron chi connectivity index (χ4n) is 1.99. The molecule has 0 spiro atoms. The minimum Gasteiger partial charge on any atom is -0.460 e. The fourth-order valence-corrected chi connectivity index (χ4v) is 1.99. The molecule has 0 bridgehead atoms. The molecular formula is C12H21N5O. The molecule has 0 unspecified atom stereocenters. The van der Waals surface area contributed by atoms with Crippen molar-refractivity contribution in [2.24, 2.45) is 0 Å². The predicted octanol–water partition coefficient (Wildman–Crippen LogP) is 1.69. The normalized spacial score (nSPS) is 15.7. The Balaban J connectivity index is 2.16. The summed E-state index contributed by atoms with van der Waals surface area (Å²) in [7, 11) is 3.81. The van der Waals surface area contributed by atoms with E-state index in [9.17, 15) is 0 Å². The fraction of sp³-hybridized carbons (Fsp3) is 0.750. The summed E-state index contributed by atoms with van der Waals surface area (Å²) in [6, 6.07) is 0.427. The topological polar surface area (TPSA) is 63.2 Å². The molecule has 1 aliphatic carbocycles. The first-order valence-electron chi connectivity index (χ1n) is 6.53. The van der Waals surface area contributed by atoms with Gasteiger partial charge < -0.3 is 15.0 Å². The van der Waals surface area contributed by atoms with Crippen molar-refractivity contribution in [3.63, 3.8) is 0 Å². The molecule has 0 atom stereocenters. The van der Waals surface area contributed by atoms with Crippen LogP contribution in [0.4, 0.5) is 11.9 Å². The van der Waals surface area contributed by atoms with Gasteiger partial charge in [-0.05, 0) is 32.6 Å². The highest BCUT2D eigenvalue weighted by molar-refractivity contribution is 5.36. The number of anilines is 2. The lowest BCUT2D eigenvalue weighted by Crippen LogP contribution is -2.18. The summed E-state index contributed by atoms with van der Waals surface area (Å²) in [6.07, 6.45) is 4.92. The maximum atomic E-state index is 5.82.